The van der Waals surface area contributed by atoms with Gasteiger partial charge in [0.15, 0.2) is 0 Å². The third-order valence-corrected chi connectivity index (χ3v) is 3.65. The summed E-state index contributed by atoms with van der Waals surface area (Å²) in [5, 5.41) is 12.6. The van der Waals surface area contributed by atoms with Gasteiger partial charge < -0.3 is 10.4 Å². The molecule has 1 aromatic heterocycles. The third-order valence-electron chi connectivity index (χ3n) is 2.58. The molecule has 0 fully saturated rings. The Labute approximate surface area is 115 Å². The minimum atomic E-state index is -0.289. The van der Waals surface area contributed by atoms with Crippen molar-refractivity contribution in [1.82, 2.24) is 9.97 Å². The molecule has 2 rings (SSSR count). The zero-order chi connectivity index (χ0) is 13.5. The summed E-state index contributed by atoms with van der Waals surface area (Å²) in [6.45, 7) is 0.981. The number of hydrogen-bond acceptors (Lipinski definition) is 5. The molecule has 102 valence electrons. The topological polar surface area (TPSA) is 58.0 Å². The van der Waals surface area contributed by atoms with Gasteiger partial charge in [-0.25, -0.2) is 14.4 Å². The van der Waals surface area contributed by atoms with Crippen LogP contribution in [0.15, 0.2) is 24.5 Å². The molecule has 2 N–H and O–H groups in total. The number of aromatic nitrogens is 2. The fraction of sp³-hybridized carbons (Fsp3) is 0.385. The lowest BCUT2D eigenvalue weighted by molar-refractivity contribution is 0.296. The van der Waals surface area contributed by atoms with Gasteiger partial charge in [0, 0.05) is 24.3 Å². The van der Waals surface area contributed by atoms with E-state index < -0.39 is 0 Å². The van der Waals surface area contributed by atoms with Crippen molar-refractivity contribution in [2.75, 3.05) is 30.0 Å². The Morgan fingerprint density at radius 3 is 3.00 bits per heavy atom. The summed E-state index contributed by atoms with van der Waals surface area (Å²) >= 11 is 1.77. The van der Waals surface area contributed by atoms with Crippen LogP contribution in [0.1, 0.15) is 6.42 Å². The van der Waals surface area contributed by atoms with E-state index in [0.29, 0.717) is 11.2 Å². The van der Waals surface area contributed by atoms with E-state index in [9.17, 15) is 4.39 Å². The molecular weight excluding hydrogens is 265 g/mol. The molecule has 19 heavy (non-hydrogen) atoms. The first-order valence-corrected chi connectivity index (χ1v) is 7.29. The molecule has 1 heterocycles. The molecule has 2 aromatic rings. The first-order valence-electron chi connectivity index (χ1n) is 6.14. The van der Waals surface area contributed by atoms with Crippen LogP contribution in [0.2, 0.25) is 0 Å². The molecule has 1 aromatic carbocycles. The Kier molecular flexibility index (Phi) is 5.35. The second-order valence-corrected chi connectivity index (χ2v) is 5.22. The first kappa shape index (κ1) is 14.0. The lowest BCUT2D eigenvalue weighted by Crippen LogP contribution is -2.07. The highest BCUT2D eigenvalue weighted by Gasteiger charge is 2.04. The third kappa shape index (κ3) is 4.04. The molecule has 4 nitrogen and oxygen atoms in total. The van der Waals surface area contributed by atoms with Crippen molar-refractivity contribution >= 4 is 28.5 Å². The molecule has 0 spiro atoms. The number of aliphatic hydroxyl groups excluding tert-OH is 1. The molecule has 0 bridgehead atoms. The van der Waals surface area contributed by atoms with Crippen LogP contribution in [-0.4, -0.2) is 39.7 Å². The zero-order valence-electron chi connectivity index (χ0n) is 10.5. The second kappa shape index (κ2) is 7.25. The molecule has 6 heteroatoms. The van der Waals surface area contributed by atoms with E-state index in [4.69, 9.17) is 5.11 Å². The van der Waals surface area contributed by atoms with Gasteiger partial charge in [-0.1, -0.05) is 0 Å². The maximum Gasteiger partial charge on any atom is 0.137 e. The smallest absolute Gasteiger partial charge is 0.137 e. The average Bonchev–Trinajstić information content (AvgIpc) is 2.43. The summed E-state index contributed by atoms with van der Waals surface area (Å²) in [6, 6.07) is 4.48. The van der Waals surface area contributed by atoms with Gasteiger partial charge in [0.2, 0.25) is 0 Å². The molecule has 0 saturated heterocycles. The molecule has 0 radical (unpaired) electrons. The second-order valence-electron chi connectivity index (χ2n) is 4.00. The number of thioether (sulfide) groups is 1. The van der Waals surface area contributed by atoms with E-state index >= 15 is 0 Å². The van der Waals surface area contributed by atoms with Crippen LogP contribution in [0.5, 0.6) is 0 Å². The Hall–Kier alpha value is -1.40. The standard InChI is InChI=1S/C13H16FN3OS/c14-10-2-3-12-11(8-10)13(17-9-16-12)15-4-7-19-6-1-5-18/h2-3,8-9,18H,1,4-7H2,(H,15,16,17). The maximum atomic E-state index is 13.2. The number of aliphatic hydroxyl groups is 1. The van der Waals surface area contributed by atoms with Gasteiger partial charge in [0.25, 0.3) is 0 Å². The summed E-state index contributed by atoms with van der Waals surface area (Å²) in [4.78, 5) is 8.24. The number of hydrogen-bond donors (Lipinski definition) is 2. The van der Waals surface area contributed by atoms with E-state index in [1.54, 1.807) is 17.8 Å². The Morgan fingerprint density at radius 1 is 1.26 bits per heavy atom. The Morgan fingerprint density at radius 2 is 2.16 bits per heavy atom. The highest BCUT2D eigenvalue weighted by Crippen LogP contribution is 2.19. The van der Waals surface area contributed by atoms with E-state index in [1.807, 2.05) is 0 Å². The fourth-order valence-electron chi connectivity index (χ4n) is 1.68. The predicted octanol–water partition coefficient (Wildman–Crippen LogP) is 2.30. The van der Waals surface area contributed by atoms with Gasteiger partial charge in [-0.15, -0.1) is 0 Å². The highest BCUT2D eigenvalue weighted by molar-refractivity contribution is 7.99. The van der Waals surface area contributed by atoms with Crippen LogP contribution in [0, 0.1) is 5.82 Å². The molecule has 0 unspecified atom stereocenters. The number of halogens is 1. The van der Waals surface area contributed by atoms with Crippen LogP contribution in [0.4, 0.5) is 10.2 Å². The molecule has 0 aliphatic carbocycles. The quantitative estimate of drug-likeness (QED) is 0.763. The number of nitrogens with one attached hydrogen (secondary N) is 1. The van der Waals surface area contributed by atoms with E-state index in [2.05, 4.69) is 15.3 Å². The molecule has 0 saturated carbocycles. The number of benzene rings is 1. The lowest BCUT2D eigenvalue weighted by atomic mass is 10.2. The number of anilines is 1. The monoisotopic (exact) mass is 281 g/mol. The normalized spacial score (nSPS) is 10.8. The number of nitrogens with zero attached hydrogens (tertiary/aromatic N) is 2. The van der Waals surface area contributed by atoms with Gasteiger partial charge >= 0.3 is 0 Å². The van der Waals surface area contributed by atoms with Crippen LogP contribution in [0.3, 0.4) is 0 Å². The summed E-state index contributed by atoms with van der Waals surface area (Å²) in [6.07, 6.45) is 2.29. The van der Waals surface area contributed by atoms with Crippen molar-refractivity contribution in [3.63, 3.8) is 0 Å². The molecule has 0 atom stereocenters. The van der Waals surface area contributed by atoms with Gasteiger partial charge in [0.1, 0.15) is 18.0 Å². The van der Waals surface area contributed by atoms with E-state index in [-0.39, 0.29) is 12.4 Å². The largest absolute Gasteiger partial charge is 0.396 e. The van der Waals surface area contributed by atoms with E-state index in [0.717, 1.165) is 30.0 Å². The van der Waals surface area contributed by atoms with Crippen molar-refractivity contribution in [1.29, 1.82) is 0 Å². The molecule has 0 aliphatic rings. The predicted molar refractivity (Wildman–Crippen MR) is 77.0 cm³/mol. The number of fused-ring (bicyclic) bond motifs is 1. The number of rotatable bonds is 7. The highest BCUT2D eigenvalue weighted by atomic mass is 32.2. The van der Waals surface area contributed by atoms with Gasteiger partial charge in [-0.2, -0.15) is 11.8 Å². The van der Waals surface area contributed by atoms with E-state index in [1.165, 1.54) is 18.5 Å². The first-order chi connectivity index (χ1) is 9.31. The van der Waals surface area contributed by atoms with Crippen molar-refractivity contribution in [3.05, 3.63) is 30.3 Å². The minimum absolute atomic E-state index is 0.232. The Bertz CT molecular complexity index is 538. The zero-order valence-corrected chi connectivity index (χ0v) is 11.3. The molecule has 0 amide bonds. The minimum Gasteiger partial charge on any atom is -0.396 e. The van der Waals surface area contributed by atoms with Crippen LogP contribution in [0.25, 0.3) is 10.9 Å². The van der Waals surface area contributed by atoms with Crippen LogP contribution in [-0.2, 0) is 0 Å². The van der Waals surface area contributed by atoms with Gasteiger partial charge in [-0.3, -0.25) is 0 Å². The average molecular weight is 281 g/mol. The SMILES string of the molecule is OCCCSCCNc1ncnc2ccc(F)cc12. The van der Waals surface area contributed by atoms with Gasteiger partial charge in [-0.05, 0) is 30.4 Å². The van der Waals surface area contributed by atoms with Crippen LogP contribution < -0.4 is 5.32 Å². The van der Waals surface area contributed by atoms with Crippen molar-refractivity contribution in [3.8, 4) is 0 Å². The fourth-order valence-corrected chi connectivity index (χ4v) is 2.46. The molecule has 0 aliphatic heterocycles. The maximum absolute atomic E-state index is 13.2. The summed E-state index contributed by atoms with van der Waals surface area (Å²) in [5.74, 6) is 2.23. The molecular formula is C13H16FN3OS. The summed E-state index contributed by atoms with van der Waals surface area (Å²) < 4.78 is 13.2. The van der Waals surface area contributed by atoms with Crippen LogP contribution >= 0.6 is 11.8 Å². The van der Waals surface area contributed by atoms with Crippen molar-refractivity contribution in [2.24, 2.45) is 0 Å². The van der Waals surface area contributed by atoms with Gasteiger partial charge in [0.05, 0.1) is 5.52 Å². The summed E-state index contributed by atoms with van der Waals surface area (Å²) in [5.41, 5.74) is 0.729. The van der Waals surface area contributed by atoms with Crippen molar-refractivity contribution < 1.29 is 9.50 Å². The summed E-state index contributed by atoms with van der Waals surface area (Å²) in [7, 11) is 0. The Balaban J connectivity index is 1.95. The lowest BCUT2D eigenvalue weighted by Gasteiger charge is -2.08. The van der Waals surface area contributed by atoms with Crippen molar-refractivity contribution in [2.45, 2.75) is 6.42 Å².